The third-order valence-corrected chi connectivity index (χ3v) is 3.71. The topological polar surface area (TPSA) is 78.8 Å². The standard InChI is InChI=1S/C14H24N6O/c1-4-19(5-2)8-6-7-11(3)18-20-10-17-12-13(20)15-9-16-14(12)21/h9-11,18H,4-8H2,1-3H3,(H,15,16,21). The molecule has 2 N–H and O–H groups in total. The van der Waals surface area contributed by atoms with Gasteiger partial charge in [0.25, 0.3) is 5.56 Å². The largest absolute Gasteiger partial charge is 0.320 e. The molecule has 0 aromatic carbocycles. The number of nitrogens with one attached hydrogen (secondary N) is 2. The van der Waals surface area contributed by atoms with Gasteiger partial charge < -0.3 is 15.3 Å². The molecule has 2 heterocycles. The second kappa shape index (κ2) is 7.21. The molecule has 0 bridgehead atoms. The first-order valence-corrected chi connectivity index (χ1v) is 7.55. The summed E-state index contributed by atoms with van der Waals surface area (Å²) in [6, 6.07) is 0.291. The van der Waals surface area contributed by atoms with E-state index in [0.717, 1.165) is 32.5 Å². The molecule has 0 saturated carbocycles. The third-order valence-electron chi connectivity index (χ3n) is 3.71. The molecule has 0 aliphatic heterocycles. The van der Waals surface area contributed by atoms with E-state index in [2.05, 4.69) is 46.0 Å². The van der Waals surface area contributed by atoms with E-state index in [9.17, 15) is 4.79 Å². The molecule has 0 aliphatic carbocycles. The van der Waals surface area contributed by atoms with Crippen molar-refractivity contribution in [2.45, 2.75) is 39.7 Å². The summed E-state index contributed by atoms with van der Waals surface area (Å²) in [5.41, 5.74) is 4.03. The first-order valence-electron chi connectivity index (χ1n) is 7.55. The molecule has 2 rings (SSSR count). The van der Waals surface area contributed by atoms with Gasteiger partial charge in [-0.25, -0.2) is 14.6 Å². The molecule has 0 aliphatic rings. The second-order valence-electron chi connectivity index (χ2n) is 5.22. The molecule has 0 fully saturated rings. The SMILES string of the molecule is CCN(CC)CCCC(C)Nn1cnc2c(=O)[nH]cnc21. The van der Waals surface area contributed by atoms with Crippen LogP contribution in [0.4, 0.5) is 0 Å². The molecule has 0 radical (unpaired) electrons. The summed E-state index contributed by atoms with van der Waals surface area (Å²) in [6.45, 7) is 9.80. The van der Waals surface area contributed by atoms with Gasteiger partial charge in [0.15, 0.2) is 11.2 Å². The molecule has 2 aromatic heterocycles. The van der Waals surface area contributed by atoms with E-state index < -0.39 is 0 Å². The van der Waals surface area contributed by atoms with E-state index in [0.29, 0.717) is 17.2 Å². The minimum absolute atomic E-state index is 0.213. The van der Waals surface area contributed by atoms with Crippen molar-refractivity contribution in [2.24, 2.45) is 0 Å². The van der Waals surface area contributed by atoms with Crippen LogP contribution in [-0.2, 0) is 0 Å². The van der Waals surface area contributed by atoms with Gasteiger partial charge >= 0.3 is 0 Å². The molecule has 7 nitrogen and oxygen atoms in total. The van der Waals surface area contributed by atoms with Gasteiger partial charge in [0, 0.05) is 6.04 Å². The van der Waals surface area contributed by atoms with Crippen molar-refractivity contribution in [1.29, 1.82) is 0 Å². The lowest BCUT2D eigenvalue weighted by atomic mass is 10.2. The summed E-state index contributed by atoms with van der Waals surface area (Å²) >= 11 is 0. The Bertz CT molecular complexity index is 615. The van der Waals surface area contributed by atoms with E-state index in [4.69, 9.17) is 0 Å². The van der Waals surface area contributed by atoms with Crippen molar-refractivity contribution >= 4 is 11.2 Å². The van der Waals surface area contributed by atoms with Crippen molar-refractivity contribution in [3.63, 3.8) is 0 Å². The normalized spacial score (nSPS) is 13.0. The Kier molecular flexibility index (Phi) is 5.32. The van der Waals surface area contributed by atoms with Gasteiger partial charge in [-0.05, 0) is 39.4 Å². The van der Waals surface area contributed by atoms with Gasteiger partial charge in [0.05, 0.1) is 6.33 Å². The Labute approximate surface area is 124 Å². The number of fused-ring (bicyclic) bond motifs is 1. The molecule has 21 heavy (non-hydrogen) atoms. The Morgan fingerprint density at radius 3 is 2.86 bits per heavy atom. The van der Waals surface area contributed by atoms with Crippen LogP contribution in [0.2, 0.25) is 0 Å². The molecule has 1 atom stereocenters. The second-order valence-corrected chi connectivity index (χ2v) is 5.22. The van der Waals surface area contributed by atoms with Gasteiger partial charge in [-0.2, -0.15) is 0 Å². The summed E-state index contributed by atoms with van der Waals surface area (Å²) in [6.07, 6.45) is 5.19. The molecule has 0 spiro atoms. The number of rotatable bonds is 8. The third kappa shape index (κ3) is 3.81. The molecular weight excluding hydrogens is 268 g/mol. The number of hydrogen-bond donors (Lipinski definition) is 2. The van der Waals surface area contributed by atoms with Crippen LogP contribution >= 0.6 is 0 Å². The summed E-state index contributed by atoms with van der Waals surface area (Å²) in [5.74, 6) is 0. The van der Waals surface area contributed by atoms with Crippen molar-refractivity contribution in [3.8, 4) is 0 Å². The summed E-state index contributed by atoms with van der Waals surface area (Å²) in [7, 11) is 0. The van der Waals surface area contributed by atoms with Crippen LogP contribution in [0.3, 0.4) is 0 Å². The average molecular weight is 292 g/mol. The lowest BCUT2D eigenvalue weighted by Gasteiger charge is -2.20. The highest BCUT2D eigenvalue weighted by Gasteiger charge is 2.09. The highest BCUT2D eigenvalue weighted by molar-refractivity contribution is 5.68. The fourth-order valence-corrected chi connectivity index (χ4v) is 2.40. The van der Waals surface area contributed by atoms with Gasteiger partial charge in [-0.1, -0.05) is 13.8 Å². The maximum absolute atomic E-state index is 11.6. The molecule has 1 unspecified atom stereocenters. The van der Waals surface area contributed by atoms with Gasteiger partial charge in [0.1, 0.15) is 6.33 Å². The Morgan fingerprint density at radius 1 is 1.38 bits per heavy atom. The van der Waals surface area contributed by atoms with Crippen LogP contribution < -0.4 is 11.0 Å². The smallest absolute Gasteiger partial charge is 0.278 e. The average Bonchev–Trinajstić information content (AvgIpc) is 2.88. The van der Waals surface area contributed by atoms with Crippen LogP contribution in [0.1, 0.15) is 33.6 Å². The minimum atomic E-state index is -0.213. The van der Waals surface area contributed by atoms with Crippen molar-refractivity contribution in [3.05, 3.63) is 23.0 Å². The molecule has 0 saturated heterocycles. The van der Waals surface area contributed by atoms with Gasteiger partial charge in [-0.15, -0.1) is 0 Å². The molecule has 2 aromatic rings. The maximum atomic E-state index is 11.6. The number of hydrogen-bond acceptors (Lipinski definition) is 5. The zero-order chi connectivity index (χ0) is 15.2. The van der Waals surface area contributed by atoms with E-state index in [-0.39, 0.29) is 5.56 Å². The Balaban J connectivity index is 1.91. The number of nitrogens with zero attached hydrogens (tertiary/aromatic N) is 4. The minimum Gasteiger partial charge on any atom is -0.320 e. The van der Waals surface area contributed by atoms with Crippen LogP contribution in [0, 0.1) is 0 Å². The molecule has 116 valence electrons. The quantitative estimate of drug-likeness (QED) is 0.763. The monoisotopic (exact) mass is 292 g/mol. The van der Waals surface area contributed by atoms with Gasteiger partial charge in [-0.3, -0.25) is 4.79 Å². The molecular formula is C14H24N6O. The number of imidazole rings is 1. The fraction of sp³-hybridized carbons (Fsp3) is 0.643. The van der Waals surface area contributed by atoms with E-state index in [1.807, 2.05) is 0 Å². The maximum Gasteiger partial charge on any atom is 0.278 e. The fourth-order valence-electron chi connectivity index (χ4n) is 2.40. The predicted molar refractivity (Wildman–Crippen MR) is 84.0 cm³/mol. The van der Waals surface area contributed by atoms with Crippen LogP contribution in [0.15, 0.2) is 17.4 Å². The Morgan fingerprint density at radius 2 is 2.14 bits per heavy atom. The number of aromatic nitrogens is 4. The molecule has 0 amide bonds. The van der Waals surface area contributed by atoms with Crippen molar-refractivity contribution in [2.75, 3.05) is 25.1 Å². The summed E-state index contributed by atoms with van der Waals surface area (Å²) in [4.78, 5) is 24.8. The highest BCUT2D eigenvalue weighted by Crippen LogP contribution is 2.05. The van der Waals surface area contributed by atoms with E-state index >= 15 is 0 Å². The summed E-state index contributed by atoms with van der Waals surface area (Å²) < 4.78 is 1.73. The number of H-pyrrole nitrogens is 1. The van der Waals surface area contributed by atoms with Crippen molar-refractivity contribution in [1.82, 2.24) is 24.5 Å². The lowest BCUT2D eigenvalue weighted by Crippen LogP contribution is -2.28. The predicted octanol–water partition coefficient (Wildman–Crippen LogP) is 1.17. The first kappa shape index (κ1) is 15.5. The first-order chi connectivity index (χ1) is 10.2. The summed E-state index contributed by atoms with van der Waals surface area (Å²) in [5, 5.41) is 0. The van der Waals surface area contributed by atoms with E-state index in [1.54, 1.807) is 11.0 Å². The number of aromatic amines is 1. The highest BCUT2D eigenvalue weighted by atomic mass is 16.1. The van der Waals surface area contributed by atoms with Crippen LogP contribution in [0.5, 0.6) is 0 Å². The molecule has 7 heteroatoms. The van der Waals surface area contributed by atoms with Gasteiger partial charge in [0.2, 0.25) is 0 Å². The van der Waals surface area contributed by atoms with Crippen molar-refractivity contribution < 1.29 is 0 Å². The Hall–Kier alpha value is -1.89. The zero-order valence-corrected chi connectivity index (χ0v) is 13.0. The zero-order valence-electron chi connectivity index (χ0n) is 13.0. The van der Waals surface area contributed by atoms with Crippen LogP contribution in [0.25, 0.3) is 11.2 Å². The van der Waals surface area contributed by atoms with E-state index in [1.165, 1.54) is 6.33 Å². The lowest BCUT2D eigenvalue weighted by molar-refractivity contribution is 0.294. The van der Waals surface area contributed by atoms with Crippen LogP contribution in [-0.4, -0.2) is 50.2 Å².